The predicted molar refractivity (Wildman–Crippen MR) is 116 cm³/mol. The Morgan fingerprint density at radius 1 is 1.08 bits per heavy atom. The molecule has 4 N–H and O–H groups in total. The second-order valence-electron chi connectivity index (χ2n) is 5.90. The Balaban J connectivity index is 0.00000338. The fourth-order valence-corrected chi connectivity index (χ4v) is 3.05. The van der Waals surface area contributed by atoms with Crippen LogP contribution in [0.4, 0.5) is 0 Å². The van der Waals surface area contributed by atoms with Crippen molar-refractivity contribution in [3.05, 3.63) is 64.7 Å². The molecule has 0 saturated heterocycles. The van der Waals surface area contributed by atoms with Gasteiger partial charge in [0.1, 0.15) is 0 Å². The Morgan fingerprint density at radius 2 is 1.77 bits per heavy atom. The molecule has 142 valence electrons. The monoisotopic (exact) mass is 488 g/mol. The Morgan fingerprint density at radius 3 is 2.38 bits per heavy atom. The summed E-state index contributed by atoms with van der Waals surface area (Å²) in [4.78, 5) is 4.29. The second kappa shape index (κ2) is 9.89. The third kappa shape index (κ3) is 6.58. The number of benzene rings is 2. The number of nitrogens with one attached hydrogen (secondary N) is 2. The van der Waals surface area contributed by atoms with Gasteiger partial charge >= 0.3 is 0 Å². The summed E-state index contributed by atoms with van der Waals surface area (Å²) < 4.78 is 22.8. The van der Waals surface area contributed by atoms with Gasteiger partial charge in [-0.15, -0.1) is 24.0 Å². The maximum absolute atomic E-state index is 11.4. The van der Waals surface area contributed by atoms with E-state index in [1.807, 2.05) is 6.07 Å². The summed E-state index contributed by atoms with van der Waals surface area (Å²) in [6.07, 6.45) is 0. The van der Waals surface area contributed by atoms with Gasteiger partial charge in [0, 0.05) is 20.1 Å². The molecule has 0 aromatic heterocycles. The molecule has 0 fully saturated rings. The number of sulfonamides is 1. The lowest BCUT2D eigenvalue weighted by Crippen LogP contribution is -2.36. The molecular formula is C18H25IN4O2S. The molecule has 0 aliphatic rings. The van der Waals surface area contributed by atoms with Gasteiger partial charge in [0.15, 0.2) is 5.96 Å². The fraction of sp³-hybridized carbons (Fsp3) is 0.278. The lowest BCUT2D eigenvalue weighted by molar-refractivity contribution is 0.597. The van der Waals surface area contributed by atoms with E-state index in [9.17, 15) is 8.42 Å². The van der Waals surface area contributed by atoms with Crippen molar-refractivity contribution < 1.29 is 8.42 Å². The molecule has 0 amide bonds. The first-order valence-corrected chi connectivity index (χ1v) is 9.46. The SMILES string of the molecule is CN=C(NCc1cccc(S(N)(=O)=O)c1)NCc1ccc(C)cc1C.I. The van der Waals surface area contributed by atoms with E-state index in [2.05, 4.69) is 47.7 Å². The highest BCUT2D eigenvalue weighted by Crippen LogP contribution is 2.11. The van der Waals surface area contributed by atoms with Gasteiger partial charge in [0.05, 0.1) is 4.90 Å². The van der Waals surface area contributed by atoms with Crippen molar-refractivity contribution in [1.29, 1.82) is 0 Å². The average molecular weight is 488 g/mol. The molecule has 0 aliphatic heterocycles. The molecule has 0 saturated carbocycles. The molecule has 2 aromatic carbocycles. The van der Waals surface area contributed by atoms with Crippen molar-refractivity contribution in [2.45, 2.75) is 31.8 Å². The Bertz CT molecular complexity index is 883. The highest BCUT2D eigenvalue weighted by atomic mass is 127. The molecule has 0 spiro atoms. The quantitative estimate of drug-likeness (QED) is 0.342. The Hall–Kier alpha value is -1.65. The highest BCUT2D eigenvalue weighted by Gasteiger charge is 2.08. The third-order valence-corrected chi connectivity index (χ3v) is 4.77. The van der Waals surface area contributed by atoms with Crippen LogP contribution in [0, 0.1) is 13.8 Å². The minimum Gasteiger partial charge on any atom is -0.352 e. The first-order chi connectivity index (χ1) is 11.8. The van der Waals surface area contributed by atoms with Crippen LogP contribution in [0.2, 0.25) is 0 Å². The Labute approximate surface area is 172 Å². The number of aryl methyl sites for hydroxylation is 2. The van der Waals surface area contributed by atoms with E-state index in [0.717, 1.165) is 5.56 Å². The number of hydrogen-bond acceptors (Lipinski definition) is 3. The molecule has 8 heteroatoms. The lowest BCUT2D eigenvalue weighted by Gasteiger charge is -2.14. The van der Waals surface area contributed by atoms with E-state index < -0.39 is 10.0 Å². The van der Waals surface area contributed by atoms with E-state index in [1.54, 1.807) is 19.2 Å². The molecule has 0 radical (unpaired) electrons. The number of nitrogens with two attached hydrogens (primary N) is 1. The summed E-state index contributed by atoms with van der Waals surface area (Å²) in [5.41, 5.74) is 4.47. The second-order valence-corrected chi connectivity index (χ2v) is 7.46. The zero-order chi connectivity index (χ0) is 18.4. The topological polar surface area (TPSA) is 96.6 Å². The molecule has 2 rings (SSSR count). The summed E-state index contributed by atoms with van der Waals surface area (Å²) in [6, 6.07) is 12.9. The maximum atomic E-state index is 11.4. The van der Waals surface area contributed by atoms with E-state index in [4.69, 9.17) is 5.14 Å². The van der Waals surface area contributed by atoms with Crippen LogP contribution in [-0.4, -0.2) is 21.4 Å². The van der Waals surface area contributed by atoms with Crippen LogP contribution in [0.5, 0.6) is 0 Å². The van der Waals surface area contributed by atoms with Crippen molar-refractivity contribution in [3.8, 4) is 0 Å². The average Bonchev–Trinajstić information content (AvgIpc) is 2.56. The van der Waals surface area contributed by atoms with Crippen LogP contribution in [0.15, 0.2) is 52.4 Å². The van der Waals surface area contributed by atoms with Crippen LogP contribution >= 0.6 is 24.0 Å². The minimum absolute atomic E-state index is 0. The van der Waals surface area contributed by atoms with Crippen LogP contribution < -0.4 is 15.8 Å². The Kier molecular flexibility index (Phi) is 8.51. The van der Waals surface area contributed by atoms with Crippen molar-refractivity contribution in [2.75, 3.05) is 7.05 Å². The van der Waals surface area contributed by atoms with Crippen LogP contribution in [0.25, 0.3) is 0 Å². The van der Waals surface area contributed by atoms with Gasteiger partial charge in [0.25, 0.3) is 0 Å². The minimum atomic E-state index is -3.70. The molecular weight excluding hydrogens is 463 g/mol. The van der Waals surface area contributed by atoms with Crippen molar-refractivity contribution in [3.63, 3.8) is 0 Å². The molecule has 0 heterocycles. The zero-order valence-electron chi connectivity index (χ0n) is 15.1. The smallest absolute Gasteiger partial charge is 0.238 e. The molecule has 0 unspecified atom stereocenters. The van der Waals surface area contributed by atoms with Crippen LogP contribution in [-0.2, 0) is 23.1 Å². The number of aliphatic imine (C=N–C) groups is 1. The van der Waals surface area contributed by atoms with Gasteiger partial charge in [-0.3, -0.25) is 4.99 Å². The maximum Gasteiger partial charge on any atom is 0.238 e. The zero-order valence-corrected chi connectivity index (χ0v) is 18.3. The van der Waals surface area contributed by atoms with Crippen molar-refractivity contribution in [1.82, 2.24) is 10.6 Å². The summed E-state index contributed by atoms with van der Waals surface area (Å²) in [7, 11) is -2.01. The predicted octanol–water partition coefficient (Wildman–Crippen LogP) is 2.43. The number of hydrogen-bond donors (Lipinski definition) is 3. The van der Waals surface area contributed by atoms with Crippen LogP contribution in [0.3, 0.4) is 0 Å². The van der Waals surface area contributed by atoms with Gasteiger partial charge in [-0.25, -0.2) is 13.6 Å². The molecule has 26 heavy (non-hydrogen) atoms. The van der Waals surface area contributed by atoms with Gasteiger partial charge in [-0.2, -0.15) is 0 Å². The third-order valence-electron chi connectivity index (χ3n) is 3.85. The van der Waals surface area contributed by atoms with Gasteiger partial charge in [-0.05, 0) is 42.7 Å². The summed E-state index contributed by atoms with van der Waals surface area (Å²) in [5.74, 6) is 0.640. The molecule has 0 bridgehead atoms. The van der Waals surface area contributed by atoms with E-state index in [1.165, 1.54) is 22.8 Å². The number of halogens is 1. The molecule has 0 atom stereocenters. The number of nitrogens with zero attached hydrogens (tertiary/aromatic N) is 1. The molecule has 0 aliphatic carbocycles. The van der Waals surface area contributed by atoms with E-state index >= 15 is 0 Å². The summed E-state index contributed by atoms with van der Waals surface area (Å²) in [6.45, 7) is 5.25. The normalized spacial score (nSPS) is 11.6. The largest absolute Gasteiger partial charge is 0.352 e. The fourth-order valence-electron chi connectivity index (χ4n) is 2.46. The lowest BCUT2D eigenvalue weighted by atomic mass is 10.1. The first-order valence-electron chi connectivity index (χ1n) is 7.92. The van der Waals surface area contributed by atoms with Crippen molar-refractivity contribution >= 4 is 40.0 Å². The summed E-state index contributed by atoms with van der Waals surface area (Å²) in [5, 5.41) is 11.6. The molecule has 6 nitrogen and oxygen atoms in total. The first kappa shape index (κ1) is 22.4. The van der Waals surface area contributed by atoms with E-state index in [0.29, 0.717) is 19.0 Å². The van der Waals surface area contributed by atoms with E-state index in [-0.39, 0.29) is 28.9 Å². The number of guanidine groups is 1. The number of primary sulfonamides is 1. The number of rotatable bonds is 5. The van der Waals surface area contributed by atoms with Gasteiger partial charge < -0.3 is 10.6 Å². The van der Waals surface area contributed by atoms with Crippen LogP contribution in [0.1, 0.15) is 22.3 Å². The highest BCUT2D eigenvalue weighted by molar-refractivity contribution is 14.0. The van der Waals surface area contributed by atoms with Gasteiger partial charge in [-0.1, -0.05) is 35.9 Å². The molecule has 2 aromatic rings. The summed E-state index contributed by atoms with van der Waals surface area (Å²) >= 11 is 0. The van der Waals surface area contributed by atoms with Gasteiger partial charge in [0.2, 0.25) is 10.0 Å². The standard InChI is InChI=1S/C18H24N4O2S.HI/c1-13-7-8-16(14(2)9-13)12-22-18(20-3)21-11-15-5-4-6-17(10-15)25(19,23)24;/h4-10H,11-12H2,1-3H3,(H2,19,23,24)(H2,20,21,22);1H. The van der Waals surface area contributed by atoms with Crippen molar-refractivity contribution in [2.24, 2.45) is 10.1 Å².